The molecule has 2 N–H and O–H groups in total. The Morgan fingerprint density at radius 3 is 2.25 bits per heavy atom. The first-order valence-electron chi connectivity index (χ1n) is 8.96. The van der Waals surface area contributed by atoms with E-state index < -0.39 is 0 Å². The maximum Gasteiger partial charge on any atom is 0.315 e. The van der Waals surface area contributed by atoms with E-state index in [1.54, 1.807) is 12.1 Å². The summed E-state index contributed by atoms with van der Waals surface area (Å²) in [5, 5.41) is 7.58. The van der Waals surface area contributed by atoms with E-state index in [0.29, 0.717) is 10.0 Å². The van der Waals surface area contributed by atoms with Crippen LogP contribution < -0.4 is 10.6 Å². The molecule has 0 heterocycles. The highest BCUT2D eigenvalue weighted by molar-refractivity contribution is 6.35. The molecular weight excluding hydrogens is 343 g/mol. The Morgan fingerprint density at radius 1 is 1.12 bits per heavy atom. The summed E-state index contributed by atoms with van der Waals surface area (Å²) in [6.45, 7) is 1.95. The van der Waals surface area contributed by atoms with Gasteiger partial charge < -0.3 is 10.6 Å². The second-order valence-corrected chi connectivity index (χ2v) is 9.03. The summed E-state index contributed by atoms with van der Waals surface area (Å²) in [4.78, 5) is 12.6. The van der Waals surface area contributed by atoms with E-state index in [4.69, 9.17) is 23.2 Å². The van der Waals surface area contributed by atoms with Crippen LogP contribution in [0.4, 0.5) is 4.79 Å². The maximum absolute atomic E-state index is 12.6. The first-order valence-corrected chi connectivity index (χ1v) is 9.72. The summed E-state index contributed by atoms with van der Waals surface area (Å²) in [5.41, 5.74) is 0.921. The van der Waals surface area contributed by atoms with Gasteiger partial charge in [-0.15, -0.1) is 0 Å². The highest BCUT2D eigenvalue weighted by Gasteiger charge is 2.51. The monoisotopic (exact) mass is 366 g/mol. The zero-order chi connectivity index (χ0) is 16.9. The number of carbonyl (C=O) groups excluding carboxylic acids is 1. The Labute approximate surface area is 153 Å². The summed E-state index contributed by atoms with van der Waals surface area (Å²) in [7, 11) is 0. The van der Waals surface area contributed by atoms with Crippen LogP contribution in [0.15, 0.2) is 18.2 Å². The molecule has 0 saturated heterocycles. The lowest BCUT2D eigenvalue weighted by Gasteiger charge is -2.56. The number of halogens is 2. The van der Waals surface area contributed by atoms with Gasteiger partial charge in [0.2, 0.25) is 0 Å². The van der Waals surface area contributed by atoms with Crippen molar-refractivity contribution in [3.05, 3.63) is 33.8 Å². The molecule has 3 nitrogen and oxygen atoms in total. The number of nitrogens with one attached hydrogen (secondary N) is 2. The summed E-state index contributed by atoms with van der Waals surface area (Å²) in [6, 6.07) is 5.17. The first kappa shape index (κ1) is 16.5. The van der Waals surface area contributed by atoms with E-state index in [0.717, 1.165) is 42.6 Å². The van der Waals surface area contributed by atoms with E-state index >= 15 is 0 Å². The van der Waals surface area contributed by atoms with E-state index in [2.05, 4.69) is 10.6 Å². The Hall–Kier alpha value is -0.930. The number of hydrogen-bond acceptors (Lipinski definition) is 1. The molecule has 0 radical (unpaired) electrons. The van der Waals surface area contributed by atoms with Crippen LogP contribution >= 0.6 is 23.2 Å². The number of benzene rings is 1. The van der Waals surface area contributed by atoms with Gasteiger partial charge in [-0.2, -0.15) is 0 Å². The van der Waals surface area contributed by atoms with E-state index in [9.17, 15) is 4.79 Å². The zero-order valence-electron chi connectivity index (χ0n) is 13.9. The van der Waals surface area contributed by atoms with Crippen LogP contribution in [-0.2, 0) is 0 Å². The lowest BCUT2D eigenvalue weighted by Crippen LogP contribution is -2.61. The van der Waals surface area contributed by atoms with Gasteiger partial charge in [0.1, 0.15) is 0 Å². The molecule has 130 valence electrons. The molecule has 5 heteroatoms. The van der Waals surface area contributed by atoms with Crippen LogP contribution in [-0.4, -0.2) is 11.6 Å². The third-order valence-corrected chi connectivity index (χ3v) is 6.76. The number of urea groups is 1. The highest BCUT2D eigenvalue weighted by Crippen LogP contribution is 2.55. The van der Waals surface area contributed by atoms with Gasteiger partial charge in [-0.25, -0.2) is 4.79 Å². The molecule has 4 bridgehead atoms. The molecule has 24 heavy (non-hydrogen) atoms. The van der Waals surface area contributed by atoms with Crippen LogP contribution in [0.5, 0.6) is 0 Å². The van der Waals surface area contributed by atoms with Gasteiger partial charge >= 0.3 is 6.03 Å². The number of hydrogen-bond donors (Lipinski definition) is 2. The molecular formula is C19H24Cl2N2O. The largest absolute Gasteiger partial charge is 0.333 e. The van der Waals surface area contributed by atoms with Crippen LogP contribution in [0, 0.1) is 17.8 Å². The third-order valence-electron chi connectivity index (χ3n) is 6.19. The van der Waals surface area contributed by atoms with Crippen LogP contribution in [0.2, 0.25) is 10.0 Å². The Balaban J connectivity index is 1.41. The van der Waals surface area contributed by atoms with Crippen molar-refractivity contribution in [3.63, 3.8) is 0 Å². The first-order chi connectivity index (χ1) is 11.4. The second-order valence-electron chi connectivity index (χ2n) is 8.18. The predicted octanol–water partition coefficient (Wildman–Crippen LogP) is 5.32. The molecule has 0 aliphatic heterocycles. The molecule has 0 aromatic heterocycles. The van der Waals surface area contributed by atoms with E-state index in [1.807, 2.05) is 13.0 Å². The van der Waals surface area contributed by atoms with E-state index in [1.165, 1.54) is 19.3 Å². The summed E-state index contributed by atoms with van der Waals surface area (Å²) >= 11 is 12.2. The SMILES string of the molecule is C[C@@H](NC(=O)NC12CC3CC(CC(C3)C1)C2)c1ccc(Cl)cc1Cl. The smallest absolute Gasteiger partial charge is 0.315 e. The molecule has 2 amide bonds. The molecule has 4 aliphatic carbocycles. The molecule has 0 unspecified atom stereocenters. The second kappa shape index (κ2) is 6.10. The van der Waals surface area contributed by atoms with Gasteiger partial charge in [0.15, 0.2) is 0 Å². The van der Waals surface area contributed by atoms with Gasteiger partial charge in [0, 0.05) is 15.6 Å². The van der Waals surface area contributed by atoms with Crippen LogP contribution in [0.1, 0.15) is 57.1 Å². The lowest BCUT2D eigenvalue weighted by molar-refractivity contribution is -0.0136. The average molecular weight is 367 g/mol. The van der Waals surface area contributed by atoms with Crippen molar-refractivity contribution in [2.45, 2.75) is 57.0 Å². The highest BCUT2D eigenvalue weighted by atomic mass is 35.5. The minimum Gasteiger partial charge on any atom is -0.333 e. The zero-order valence-corrected chi connectivity index (χ0v) is 15.5. The van der Waals surface area contributed by atoms with Crippen LogP contribution in [0.25, 0.3) is 0 Å². The average Bonchev–Trinajstić information content (AvgIpc) is 2.44. The Kier molecular flexibility index (Phi) is 4.20. The molecule has 4 aliphatic rings. The number of carbonyl (C=O) groups is 1. The van der Waals surface area contributed by atoms with E-state index in [-0.39, 0.29) is 17.6 Å². The standard InChI is InChI=1S/C19H24Cl2N2O/c1-11(16-3-2-15(20)7-17(16)21)22-18(24)23-19-8-12-4-13(9-19)6-14(5-12)10-19/h2-3,7,11-14H,4-6,8-10H2,1H3,(H2,22,23,24)/t11-,12?,13?,14?,19?/m1/s1. The van der Waals surface area contributed by atoms with Gasteiger partial charge in [-0.3, -0.25) is 0 Å². The van der Waals surface area contributed by atoms with Crippen molar-refractivity contribution in [1.29, 1.82) is 0 Å². The molecule has 4 fully saturated rings. The van der Waals surface area contributed by atoms with Gasteiger partial charge in [0.05, 0.1) is 6.04 Å². The van der Waals surface area contributed by atoms with Crippen LogP contribution in [0.3, 0.4) is 0 Å². The quantitative estimate of drug-likeness (QED) is 0.746. The fourth-order valence-corrected chi connectivity index (χ4v) is 6.24. The normalized spacial score (nSPS) is 34.9. The van der Waals surface area contributed by atoms with Crippen molar-refractivity contribution in [2.75, 3.05) is 0 Å². The maximum atomic E-state index is 12.6. The molecule has 0 spiro atoms. The summed E-state index contributed by atoms with van der Waals surface area (Å²) in [5.74, 6) is 2.46. The summed E-state index contributed by atoms with van der Waals surface area (Å²) in [6.07, 6.45) is 7.59. The lowest BCUT2D eigenvalue weighted by atomic mass is 9.53. The fraction of sp³-hybridized carbons (Fsp3) is 0.632. The summed E-state index contributed by atoms with van der Waals surface area (Å²) < 4.78 is 0. The van der Waals surface area contributed by atoms with Gasteiger partial charge in [-0.1, -0.05) is 29.3 Å². The molecule has 1 aromatic carbocycles. The van der Waals surface area contributed by atoms with Crippen molar-refractivity contribution in [1.82, 2.24) is 10.6 Å². The van der Waals surface area contributed by atoms with Crippen molar-refractivity contribution in [3.8, 4) is 0 Å². The Bertz CT molecular complexity index is 625. The number of amides is 2. The van der Waals surface area contributed by atoms with Crippen molar-refractivity contribution >= 4 is 29.2 Å². The van der Waals surface area contributed by atoms with Crippen molar-refractivity contribution in [2.24, 2.45) is 17.8 Å². The van der Waals surface area contributed by atoms with Gasteiger partial charge in [-0.05, 0) is 80.9 Å². The fourth-order valence-electron chi connectivity index (χ4n) is 5.67. The topological polar surface area (TPSA) is 41.1 Å². The Morgan fingerprint density at radius 2 is 1.71 bits per heavy atom. The molecule has 5 rings (SSSR count). The molecule has 4 saturated carbocycles. The predicted molar refractivity (Wildman–Crippen MR) is 97.4 cm³/mol. The minimum absolute atomic E-state index is 0.0301. The third kappa shape index (κ3) is 3.13. The van der Waals surface area contributed by atoms with Gasteiger partial charge in [0.25, 0.3) is 0 Å². The number of rotatable bonds is 3. The molecule has 1 atom stereocenters. The molecule has 1 aromatic rings. The minimum atomic E-state index is -0.149. The van der Waals surface area contributed by atoms with Crippen molar-refractivity contribution < 1.29 is 4.79 Å².